The summed E-state index contributed by atoms with van der Waals surface area (Å²) in [5.74, 6) is -1.54. The zero-order chi connectivity index (χ0) is 18.7. The molecule has 0 spiro atoms. The molecular formula is C19H19FN2O3S. The van der Waals surface area contributed by atoms with Crippen molar-refractivity contribution in [3.05, 3.63) is 51.7 Å². The number of thiophene rings is 1. The monoisotopic (exact) mass is 374 g/mol. The maximum atomic E-state index is 12.9. The van der Waals surface area contributed by atoms with E-state index in [9.17, 15) is 18.8 Å². The van der Waals surface area contributed by atoms with E-state index in [1.54, 1.807) is 0 Å². The van der Waals surface area contributed by atoms with Crippen LogP contribution in [0.15, 0.2) is 24.3 Å². The normalized spacial score (nSPS) is 13.1. The summed E-state index contributed by atoms with van der Waals surface area (Å²) in [6, 6.07) is 5.22. The first-order valence-electron chi connectivity index (χ1n) is 8.48. The summed E-state index contributed by atoms with van der Waals surface area (Å²) < 4.78 is 12.9. The minimum Gasteiger partial charge on any atom is -0.365 e. The molecule has 1 aliphatic rings. The first-order chi connectivity index (χ1) is 12.5. The molecule has 1 heterocycles. The largest absolute Gasteiger partial charge is 0.365 e. The average Bonchev–Trinajstić information content (AvgIpc) is 2.98. The number of nitrogens with two attached hydrogens (primary N) is 1. The van der Waals surface area contributed by atoms with Gasteiger partial charge in [0, 0.05) is 23.3 Å². The molecule has 0 bridgehead atoms. The van der Waals surface area contributed by atoms with Gasteiger partial charge >= 0.3 is 0 Å². The van der Waals surface area contributed by atoms with Crippen LogP contribution in [0, 0.1) is 5.82 Å². The second-order valence-electron chi connectivity index (χ2n) is 6.26. The molecule has 1 aromatic carbocycles. The predicted molar refractivity (Wildman–Crippen MR) is 98.1 cm³/mol. The minimum absolute atomic E-state index is 0.00839. The van der Waals surface area contributed by atoms with Crippen molar-refractivity contribution >= 4 is 33.9 Å². The van der Waals surface area contributed by atoms with Gasteiger partial charge in [-0.05, 0) is 55.5 Å². The number of carbonyl (C=O) groups is 3. The Kier molecular flexibility index (Phi) is 5.46. The Bertz CT molecular complexity index is 858. The first kappa shape index (κ1) is 18.3. The molecule has 2 aromatic rings. The third-order valence-electron chi connectivity index (χ3n) is 4.42. The van der Waals surface area contributed by atoms with Crippen molar-refractivity contribution in [3.63, 3.8) is 0 Å². The highest BCUT2D eigenvalue weighted by molar-refractivity contribution is 7.17. The molecule has 1 aliphatic carbocycles. The number of benzene rings is 1. The van der Waals surface area contributed by atoms with Crippen LogP contribution in [0.1, 0.15) is 56.8 Å². The maximum Gasteiger partial charge on any atom is 0.251 e. The maximum absolute atomic E-state index is 12.9. The summed E-state index contributed by atoms with van der Waals surface area (Å²) in [4.78, 5) is 37.2. The Morgan fingerprint density at radius 2 is 1.77 bits per heavy atom. The quantitative estimate of drug-likeness (QED) is 0.759. The van der Waals surface area contributed by atoms with Gasteiger partial charge in [0.2, 0.25) is 5.91 Å². The molecule has 136 valence electrons. The molecule has 0 radical (unpaired) electrons. The molecular weight excluding hydrogens is 355 g/mol. The third-order valence-corrected chi connectivity index (χ3v) is 5.62. The van der Waals surface area contributed by atoms with Gasteiger partial charge in [0.25, 0.3) is 5.91 Å². The Hall–Kier alpha value is -2.54. The van der Waals surface area contributed by atoms with Gasteiger partial charge in [-0.3, -0.25) is 14.4 Å². The molecule has 0 unspecified atom stereocenters. The van der Waals surface area contributed by atoms with Crippen LogP contribution >= 0.6 is 11.3 Å². The highest BCUT2D eigenvalue weighted by Gasteiger charge is 2.25. The predicted octanol–water partition coefficient (Wildman–Crippen LogP) is 3.47. The number of rotatable bonds is 6. The highest BCUT2D eigenvalue weighted by Crippen LogP contribution is 2.37. The van der Waals surface area contributed by atoms with Gasteiger partial charge in [-0.25, -0.2) is 4.39 Å². The lowest BCUT2D eigenvalue weighted by Gasteiger charge is -2.11. The fourth-order valence-electron chi connectivity index (χ4n) is 3.11. The van der Waals surface area contributed by atoms with Crippen molar-refractivity contribution in [1.29, 1.82) is 0 Å². The molecule has 7 heteroatoms. The minimum atomic E-state index is -0.540. The van der Waals surface area contributed by atoms with Crippen LogP contribution < -0.4 is 11.1 Å². The van der Waals surface area contributed by atoms with Gasteiger partial charge in [0.05, 0.1) is 5.56 Å². The van der Waals surface area contributed by atoms with E-state index in [1.165, 1.54) is 35.6 Å². The third kappa shape index (κ3) is 3.99. The van der Waals surface area contributed by atoms with Crippen molar-refractivity contribution in [2.45, 2.75) is 38.5 Å². The van der Waals surface area contributed by atoms with E-state index in [0.29, 0.717) is 16.1 Å². The summed E-state index contributed by atoms with van der Waals surface area (Å²) in [7, 11) is 0. The zero-order valence-corrected chi connectivity index (χ0v) is 15.0. The lowest BCUT2D eigenvalue weighted by molar-refractivity contribution is -0.116. The standard InChI is InChI=1S/C19H19FN2O3S/c20-12-7-5-11(6-8-12)14(23)9-10-16(24)22-19-17(18(21)25)13-3-1-2-4-15(13)26-19/h5-8H,1-4,9-10H2,(H2,21,25)(H,22,24). The molecule has 3 N–H and O–H groups in total. The lowest BCUT2D eigenvalue weighted by atomic mass is 9.95. The second kappa shape index (κ2) is 7.78. The van der Waals surface area contributed by atoms with Crippen LogP contribution in [0.3, 0.4) is 0 Å². The number of hydrogen-bond acceptors (Lipinski definition) is 4. The number of primary amides is 1. The summed E-state index contributed by atoms with van der Waals surface area (Å²) in [6.45, 7) is 0. The van der Waals surface area contributed by atoms with Gasteiger partial charge in [0.15, 0.2) is 5.78 Å². The van der Waals surface area contributed by atoms with Crippen LogP contribution in [0.5, 0.6) is 0 Å². The molecule has 0 fully saturated rings. The van der Waals surface area contributed by atoms with E-state index >= 15 is 0 Å². The molecule has 26 heavy (non-hydrogen) atoms. The van der Waals surface area contributed by atoms with Crippen LogP contribution in [0.25, 0.3) is 0 Å². The number of Topliss-reactive ketones (excluding diaryl/α,β-unsaturated/α-hetero) is 1. The van der Waals surface area contributed by atoms with Crippen molar-refractivity contribution < 1.29 is 18.8 Å². The van der Waals surface area contributed by atoms with Gasteiger partial charge in [0.1, 0.15) is 10.8 Å². The molecule has 2 amide bonds. The number of anilines is 1. The van der Waals surface area contributed by atoms with Gasteiger partial charge in [-0.2, -0.15) is 0 Å². The smallest absolute Gasteiger partial charge is 0.251 e. The van der Waals surface area contributed by atoms with Crippen molar-refractivity contribution in [3.8, 4) is 0 Å². The van der Waals surface area contributed by atoms with Gasteiger partial charge in [-0.15, -0.1) is 11.3 Å². The zero-order valence-electron chi connectivity index (χ0n) is 14.1. The average molecular weight is 374 g/mol. The van der Waals surface area contributed by atoms with Crippen LogP contribution in [0.2, 0.25) is 0 Å². The SMILES string of the molecule is NC(=O)c1c(NC(=O)CCC(=O)c2ccc(F)cc2)sc2c1CCCC2. The Labute approximate surface area is 154 Å². The van der Waals surface area contributed by atoms with Crippen molar-refractivity contribution in [2.75, 3.05) is 5.32 Å². The van der Waals surface area contributed by atoms with Crippen LogP contribution in [0.4, 0.5) is 9.39 Å². The second-order valence-corrected chi connectivity index (χ2v) is 7.36. The fourth-order valence-corrected chi connectivity index (χ4v) is 4.42. The Morgan fingerprint density at radius 3 is 2.46 bits per heavy atom. The Balaban J connectivity index is 1.65. The van der Waals surface area contributed by atoms with Crippen molar-refractivity contribution in [2.24, 2.45) is 5.73 Å². The van der Waals surface area contributed by atoms with E-state index in [2.05, 4.69) is 5.32 Å². The summed E-state index contributed by atoms with van der Waals surface area (Å²) >= 11 is 1.39. The van der Waals surface area contributed by atoms with Crippen LogP contribution in [-0.4, -0.2) is 17.6 Å². The van der Waals surface area contributed by atoms with E-state index in [-0.39, 0.29) is 24.5 Å². The van der Waals surface area contributed by atoms with Gasteiger partial charge < -0.3 is 11.1 Å². The fraction of sp³-hybridized carbons (Fsp3) is 0.316. The summed E-state index contributed by atoms with van der Waals surface area (Å²) in [5.41, 5.74) is 7.22. The van der Waals surface area contributed by atoms with Gasteiger partial charge in [-0.1, -0.05) is 0 Å². The van der Waals surface area contributed by atoms with E-state index < -0.39 is 11.7 Å². The number of carbonyl (C=O) groups excluding carboxylic acids is 3. The number of halogens is 1. The number of ketones is 1. The number of amides is 2. The van der Waals surface area contributed by atoms with E-state index in [4.69, 9.17) is 5.73 Å². The molecule has 0 aliphatic heterocycles. The number of hydrogen-bond donors (Lipinski definition) is 2. The highest BCUT2D eigenvalue weighted by atomic mass is 32.1. The number of aryl methyl sites for hydroxylation is 1. The molecule has 0 saturated heterocycles. The summed E-state index contributed by atoms with van der Waals surface area (Å²) in [6.07, 6.45) is 3.74. The van der Waals surface area contributed by atoms with E-state index in [1.807, 2.05) is 0 Å². The van der Waals surface area contributed by atoms with Crippen LogP contribution in [-0.2, 0) is 17.6 Å². The molecule has 5 nitrogen and oxygen atoms in total. The molecule has 3 rings (SSSR count). The molecule has 1 aromatic heterocycles. The van der Waals surface area contributed by atoms with E-state index in [0.717, 1.165) is 36.1 Å². The number of nitrogens with one attached hydrogen (secondary N) is 1. The van der Waals surface area contributed by atoms with Crippen molar-refractivity contribution in [1.82, 2.24) is 0 Å². The Morgan fingerprint density at radius 1 is 1.08 bits per heavy atom. The summed E-state index contributed by atoms with van der Waals surface area (Å²) in [5, 5.41) is 3.21. The first-order valence-corrected chi connectivity index (χ1v) is 9.30. The number of fused-ring (bicyclic) bond motifs is 1. The lowest BCUT2D eigenvalue weighted by Crippen LogP contribution is -2.19. The molecule has 0 atom stereocenters. The molecule has 0 saturated carbocycles. The topological polar surface area (TPSA) is 89.3 Å².